The fourth-order valence-electron chi connectivity index (χ4n) is 3.30. The Morgan fingerprint density at radius 3 is 3.08 bits per heavy atom. The van der Waals surface area contributed by atoms with Gasteiger partial charge in [-0.25, -0.2) is 4.98 Å². The van der Waals surface area contributed by atoms with Crippen molar-refractivity contribution in [2.24, 2.45) is 7.05 Å². The van der Waals surface area contributed by atoms with E-state index in [2.05, 4.69) is 27.9 Å². The van der Waals surface area contributed by atoms with Crippen LogP contribution < -0.4 is 0 Å². The Bertz CT molecular complexity index is 947. The molecule has 0 saturated heterocycles. The second-order valence-electron chi connectivity index (χ2n) is 6.39. The second kappa shape index (κ2) is 7.17. The van der Waals surface area contributed by atoms with E-state index in [-0.39, 0.29) is 5.91 Å². The first-order valence-electron chi connectivity index (χ1n) is 8.56. The third-order valence-electron chi connectivity index (χ3n) is 4.60. The summed E-state index contributed by atoms with van der Waals surface area (Å²) in [5, 5.41) is 1.19. The van der Waals surface area contributed by atoms with E-state index in [1.54, 1.807) is 18.9 Å². The molecule has 0 radical (unpaired) electrons. The van der Waals surface area contributed by atoms with Crippen molar-refractivity contribution in [1.29, 1.82) is 0 Å². The highest BCUT2D eigenvalue weighted by Crippen LogP contribution is 2.30. The number of aromatic nitrogens is 2. The molecule has 0 saturated carbocycles. The third-order valence-corrected chi connectivity index (χ3v) is 5.63. The first kappa shape index (κ1) is 17.2. The Morgan fingerprint density at radius 1 is 1.38 bits per heavy atom. The van der Waals surface area contributed by atoms with Crippen molar-refractivity contribution in [1.82, 2.24) is 14.5 Å². The molecule has 7 heteroatoms. The molecule has 0 aliphatic carbocycles. The number of rotatable bonds is 5. The van der Waals surface area contributed by atoms with E-state index in [0.29, 0.717) is 37.8 Å². The summed E-state index contributed by atoms with van der Waals surface area (Å²) < 4.78 is 12.8. The van der Waals surface area contributed by atoms with Gasteiger partial charge in [0.1, 0.15) is 18.1 Å². The predicted molar refractivity (Wildman–Crippen MR) is 100.0 cm³/mol. The zero-order chi connectivity index (χ0) is 18.1. The number of methoxy groups -OCH3 is 1. The van der Waals surface area contributed by atoms with E-state index in [1.165, 1.54) is 10.9 Å². The molecule has 3 heterocycles. The lowest BCUT2D eigenvalue weighted by atomic mass is 10.2. The summed E-state index contributed by atoms with van der Waals surface area (Å²) in [5.41, 5.74) is 2.03. The maximum Gasteiger partial charge on any atom is 0.233 e. The van der Waals surface area contributed by atoms with E-state index < -0.39 is 0 Å². The number of hydrogen-bond acceptors (Lipinski definition) is 5. The monoisotopic (exact) mass is 371 g/mol. The molecule has 0 spiro atoms. The Morgan fingerprint density at radius 2 is 2.23 bits per heavy atom. The normalized spacial score (nSPS) is 14.0. The number of benzene rings is 1. The van der Waals surface area contributed by atoms with Crippen molar-refractivity contribution < 1.29 is 13.9 Å². The van der Waals surface area contributed by atoms with Gasteiger partial charge in [0.25, 0.3) is 0 Å². The zero-order valence-corrected chi connectivity index (χ0v) is 15.7. The van der Waals surface area contributed by atoms with Gasteiger partial charge in [-0.15, -0.1) is 11.8 Å². The number of amides is 1. The number of ether oxygens (including phenoxy) is 1. The molecule has 0 bridgehead atoms. The van der Waals surface area contributed by atoms with Gasteiger partial charge in [0, 0.05) is 49.1 Å². The van der Waals surface area contributed by atoms with Gasteiger partial charge in [-0.3, -0.25) is 4.79 Å². The maximum absolute atomic E-state index is 12.7. The van der Waals surface area contributed by atoms with Gasteiger partial charge in [-0.2, -0.15) is 0 Å². The molecule has 26 heavy (non-hydrogen) atoms. The van der Waals surface area contributed by atoms with Crippen molar-refractivity contribution >= 4 is 28.6 Å². The summed E-state index contributed by atoms with van der Waals surface area (Å²) in [6, 6.07) is 8.25. The minimum absolute atomic E-state index is 0.130. The van der Waals surface area contributed by atoms with Crippen LogP contribution >= 0.6 is 11.8 Å². The van der Waals surface area contributed by atoms with Gasteiger partial charge in [0.05, 0.1) is 12.3 Å². The lowest BCUT2D eigenvalue weighted by molar-refractivity contribution is -0.129. The molecular formula is C19H21N3O3S. The van der Waals surface area contributed by atoms with Gasteiger partial charge in [0.2, 0.25) is 11.8 Å². The van der Waals surface area contributed by atoms with Crippen LogP contribution in [0, 0.1) is 0 Å². The summed E-state index contributed by atoms with van der Waals surface area (Å²) in [7, 11) is 3.64. The molecule has 2 aromatic heterocycles. The molecule has 0 unspecified atom stereocenters. The van der Waals surface area contributed by atoms with Crippen LogP contribution in [0.5, 0.6) is 0 Å². The second-order valence-corrected chi connectivity index (χ2v) is 7.40. The average Bonchev–Trinajstić information content (AvgIpc) is 3.20. The highest BCUT2D eigenvalue weighted by atomic mass is 32.2. The zero-order valence-electron chi connectivity index (χ0n) is 14.9. The van der Waals surface area contributed by atoms with Crippen LogP contribution in [0.4, 0.5) is 0 Å². The third kappa shape index (κ3) is 3.24. The fourth-order valence-corrected chi connectivity index (χ4v) is 4.32. The van der Waals surface area contributed by atoms with E-state index in [1.807, 2.05) is 24.1 Å². The van der Waals surface area contributed by atoms with Crippen LogP contribution in [0.1, 0.15) is 17.3 Å². The predicted octanol–water partition coefficient (Wildman–Crippen LogP) is 2.99. The summed E-state index contributed by atoms with van der Waals surface area (Å²) in [6.07, 6.45) is 2.79. The first-order valence-corrected chi connectivity index (χ1v) is 9.55. The highest BCUT2D eigenvalue weighted by Gasteiger charge is 2.25. The number of thioether (sulfide) groups is 1. The van der Waals surface area contributed by atoms with Crippen molar-refractivity contribution in [3.8, 4) is 0 Å². The van der Waals surface area contributed by atoms with Gasteiger partial charge >= 0.3 is 0 Å². The number of oxazole rings is 1. The number of hydrogen-bond donors (Lipinski definition) is 0. The van der Waals surface area contributed by atoms with E-state index in [0.717, 1.165) is 16.3 Å². The van der Waals surface area contributed by atoms with Gasteiger partial charge in [-0.1, -0.05) is 18.2 Å². The molecule has 1 aliphatic rings. The average molecular weight is 371 g/mol. The van der Waals surface area contributed by atoms with E-state index >= 15 is 0 Å². The topological polar surface area (TPSA) is 60.5 Å². The molecule has 0 atom stereocenters. The number of para-hydroxylation sites is 1. The summed E-state index contributed by atoms with van der Waals surface area (Å²) >= 11 is 1.59. The molecule has 0 N–H and O–H groups in total. The van der Waals surface area contributed by atoms with E-state index in [9.17, 15) is 4.79 Å². The quantitative estimate of drug-likeness (QED) is 0.645. The molecule has 4 rings (SSSR count). The maximum atomic E-state index is 12.7. The lowest BCUT2D eigenvalue weighted by Crippen LogP contribution is -2.36. The van der Waals surface area contributed by atoms with Crippen LogP contribution in [0.25, 0.3) is 10.9 Å². The first-order chi connectivity index (χ1) is 12.7. The van der Waals surface area contributed by atoms with Crippen LogP contribution in [-0.4, -0.2) is 39.8 Å². The molecule has 136 valence electrons. The van der Waals surface area contributed by atoms with Crippen LogP contribution in [0.2, 0.25) is 0 Å². The van der Waals surface area contributed by atoms with Crippen molar-refractivity contribution in [2.45, 2.75) is 24.5 Å². The Hall–Kier alpha value is -2.25. The SMILES string of the molecule is COCc1nc2c(o1)CCN(C(=O)CSc1cn(C)c3ccccc13)C2. The minimum atomic E-state index is 0.130. The van der Waals surface area contributed by atoms with Gasteiger partial charge in [0.15, 0.2) is 0 Å². The molecule has 6 nitrogen and oxygen atoms in total. The Balaban J connectivity index is 1.42. The summed E-state index contributed by atoms with van der Waals surface area (Å²) in [6.45, 7) is 1.54. The number of aryl methyl sites for hydroxylation is 1. The molecular weight excluding hydrogens is 350 g/mol. The van der Waals surface area contributed by atoms with Crippen molar-refractivity contribution in [3.63, 3.8) is 0 Å². The molecule has 0 fully saturated rings. The Labute approximate surface area is 156 Å². The number of nitrogens with zero attached hydrogens (tertiary/aromatic N) is 3. The largest absolute Gasteiger partial charge is 0.443 e. The molecule has 1 aliphatic heterocycles. The van der Waals surface area contributed by atoms with Crippen LogP contribution in [0.15, 0.2) is 39.8 Å². The number of fused-ring (bicyclic) bond motifs is 2. The molecule has 1 amide bonds. The summed E-state index contributed by atoms with van der Waals surface area (Å²) in [5.74, 6) is 2.01. The lowest BCUT2D eigenvalue weighted by Gasteiger charge is -2.25. The molecule has 1 aromatic carbocycles. The summed E-state index contributed by atoms with van der Waals surface area (Å²) in [4.78, 5) is 20.1. The van der Waals surface area contributed by atoms with Gasteiger partial charge in [-0.05, 0) is 6.07 Å². The van der Waals surface area contributed by atoms with Crippen LogP contribution in [-0.2, 0) is 36.2 Å². The van der Waals surface area contributed by atoms with Gasteiger partial charge < -0.3 is 18.6 Å². The van der Waals surface area contributed by atoms with Crippen molar-refractivity contribution in [2.75, 3.05) is 19.4 Å². The van der Waals surface area contributed by atoms with Crippen LogP contribution in [0.3, 0.4) is 0 Å². The fraction of sp³-hybridized carbons (Fsp3) is 0.368. The van der Waals surface area contributed by atoms with E-state index in [4.69, 9.17) is 9.15 Å². The minimum Gasteiger partial charge on any atom is -0.443 e. The molecule has 3 aromatic rings. The van der Waals surface area contributed by atoms with Crippen molar-refractivity contribution in [3.05, 3.63) is 47.8 Å². The number of carbonyl (C=O) groups excluding carboxylic acids is 1. The highest BCUT2D eigenvalue weighted by molar-refractivity contribution is 8.00. The smallest absolute Gasteiger partial charge is 0.233 e. The Kier molecular flexibility index (Phi) is 4.74. The number of carbonyl (C=O) groups is 1. The standard InChI is InChI=1S/C19H21N3O3S/c1-21-10-17(13-5-3-4-6-15(13)21)26-12-19(23)22-8-7-16-14(9-22)20-18(25-16)11-24-2/h3-6,10H,7-9,11-12H2,1-2H3.